The third-order valence-electron chi connectivity index (χ3n) is 3.54. The molecular formula is C13H27N3O. The maximum Gasteiger partial charge on any atom is 0.224 e. The highest BCUT2D eigenvalue weighted by molar-refractivity contribution is 5.77. The number of amides is 1. The average molecular weight is 241 g/mol. The SMILES string of the molecule is CCCN(C)C(=O)CC(C)(C)N1CCNCC1. The van der Waals surface area contributed by atoms with Crippen molar-refractivity contribution in [1.82, 2.24) is 15.1 Å². The van der Waals surface area contributed by atoms with Gasteiger partial charge in [0.15, 0.2) is 0 Å². The Morgan fingerprint density at radius 3 is 2.47 bits per heavy atom. The zero-order valence-electron chi connectivity index (χ0n) is 11.8. The van der Waals surface area contributed by atoms with E-state index in [9.17, 15) is 4.79 Å². The standard InChI is InChI=1S/C13H27N3O/c1-5-8-15(4)12(17)11-13(2,3)16-9-6-14-7-10-16/h14H,5-11H2,1-4H3. The van der Waals surface area contributed by atoms with E-state index < -0.39 is 0 Å². The van der Waals surface area contributed by atoms with Gasteiger partial charge in [-0.1, -0.05) is 6.92 Å². The summed E-state index contributed by atoms with van der Waals surface area (Å²) >= 11 is 0. The Balaban J connectivity index is 2.49. The van der Waals surface area contributed by atoms with Gasteiger partial charge < -0.3 is 10.2 Å². The second kappa shape index (κ2) is 6.36. The number of piperazine rings is 1. The van der Waals surface area contributed by atoms with Gasteiger partial charge in [0, 0.05) is 51.7 Å². The highest BCUT2D eigenvalue weighted by Crippen LogP contribution is 2.20. The number of carbonyl (C=O) groups is 1. The Hall–Kier alpha value is -0.610. The topological polar surface area (TPSA) is 35.6 Å². The van der Waals surface area contributed by atoms with Crippen LogP contribution >= 0.6 is 0 Å². The quantitative estimate of drug-likeness (QED) is 0.778. The molecule has 1 aliphatic heterocycles. The fourth-order valence-electron chi connectivity index (χ4n) is 2.35. The van der Waals surface area contributed by atoms with Crippen LogP contribution in [0.25, 0.3) is 0 Å². The molecule has 0 aromatic heterocycles. The van der Waals surface area contributed by atoms with Crippen molar-refractivity contribution in [3.63, 3.8) is 0 Å². The van der Waals surface area contributed by atoms with E-state index in [4.69, 9.17) is 0 Å². The molecule has 0 atom stereocenters. The van der Waals surface area contributed by atoms with Crippen molar-refractivity contribution in [2.24, 2.45) is 0 Å². The zero-order valence-corrected chi connectivity index (χ0v) is 11.8. The summed E-state index contributed by atoms with van der Waals surface area (Å²) in [4.78, 5) is 16.3. The molecule has 0 unspecified atom stereocenters. The van der Waals surface area contributed by atoms with Gasteiger partial charge in [-0.15, -0.1) is 0 Å². The maximum absolute atomic E-state index is 12.1. The number of nitrogens with one attached hydrogen (secondary N) is 1. The molecule has 0 aliphatic carbocycles. The number of rotatable bonds is 5. The minimum absolute atomic E-state index is 0.0266. The molecular weight excluding hydrogens is 214 g/mol. The molecule has 1 saturated heterocycles. The summed E-state index contributed by atoms with van der Waals surface area (Å²) in [7, 11) is 1.90. The lowest BCUT2D eigenvalue weighted by molar-refractivity contribution is -0.132. The van der Waals surface area contributed by atoms with Crippen LogP contribution in [-0.4, -0.2) is 61.0 Å². The monoisotopic (exact) mass is 241 g/mol. The minimum Gasteiger partial charge on any atom is -0.346 e. The van der Waals surface area contributed by atoms with Crippen LogP contribution in [0.2, 0.25) is 0 Å². The number of hydrogen-bond acceptors (Lipinski definition) is 3. The van der Waals surface area contributed by atoms with E-state index in [0.717, 1.165) is 39.1 Å². The van der Waals surface area contributed by atoms with E-state index in [1.807, 2.05) is 11.9 Å². The molecule has 0 aromatic carbocycles. The van der Waals surface area contributed by atoms with E-state index in [2.05, 4.69) is 31.0 Å². The van der Waals surface area contributed by atoms with Gasteiger partial charge >= 0.3 is 0 Å². The summed E-state index contributed by atoms with van der Waals surface area (Å²) in [5.41, 5.74) is -0.0266. The summed E-state index contributed by atoms with van der Waals surface area (Å²) < 4.78 is 0. The lowest BCUT2D eigenvalue weighted by Crippen LogP contribution is -2.54. The molecule has 4 nitrogen and oxygen atoms in total. The smallest absolute Gasteiger partial charge is 0.224 e. The second-order valence-corrected chi connectivity index (χ2v) is 5.54. The Kier molecular flexibility index (Phi) is 5.40. The Bertz CT molecular complexity index is 247. The summed E-state index contributed by atoms with van der Waals surface area (Å²) in [5, 5.41) is 3.35. The largest absolute Gasteiger partial charge is 0.346 e. The Labute approximate surface area is 105 Å². The van der Waals surface area contributed by atoms with Crippen LogP contribution in [0.15, 0.2) is 0 Å². The van der Waals surface area contributed by atoms with Crippen molar-refractivity contribution in [2.75, 3.05) is 39.8 Å². The van der Waals surface area contributed by atoms with E-state index in [1.54, 1.807) is 0 Å². The first-order chi connectivity index (χ1) is 7.97. The molecule has 1 fully saturated rings. The molecule has 17 heavy (non-hydrogen) atoms. The van der Waals surface area contributed by atoms with Crippen molar-refractivity contribution in [1.29, 1.82) is 0 Å². The zero-order chi connectivity index (χ0) is 12.9. The van der Waals surface area contributed by atoms with Crippen molar-refractivity contribution < 1.29 is 4.79 Å². The van der Waals surface area contributed by atoms with Crippen LogP contribution < -0.4 is 5.32 Å². The molecule has 1 N–H and O–H groups in total. The molecule has 0 saturated carbocycles. The van der Waals surface area contributed by atoms with Crippen molar-refractivity contribution in [3.05, 3.63) is 0 Å². The summed E-state index contributed by atoms with van der Waals surface area (Å²) in [6.07, 6.45) is 1.64. The number of hydrogen-bond donors (Lipinski definition) is 1. The van der Waals surface area contributed by atoms with Crippen LogP contribution in [0.4, 0.5) is 0 Å². The normalized spacial score (nSPS) is 18.1. The van der Waals surface area contributed by atoms with Crippen molar-refractivity contribution in [3.8, 4) is 0 Å². The molecule has 0 bridgehead atoms. The van der Waals surface area contributed by atoms with E-state index in [1.165, 1.54) is 0 Å². The summed E-state index contributed by atoms with van der Waals surface area (Å²) in [6, 6.07) is 0. The van der Waals surface area contributed by atoms with E-state index in [0.29, 0.717) is 6.42 Å². The summed E-state index contributed by atoms with van der Waals surface area (Å²) in [6.45, 7) is 11.5. The third-order valence-corrected chi connectivity index (χ3v) is 3.54. The van der Waals surface area contributed by atoms with Crippen molar-refractivity contribution >= 4 is 5.91 Å². The Morgan fingerprint density at radius 2 is 1.94 bits per heavy atom. The fourth-order valence-corrected chi connectivity index (χ4v) is 2.35. The molecule has 100 valence electrons. The average Bonchev–Trinajstić information content (AvgIpc) is 2.30. The molecule has 1 rings (SSSR count). The lowest BCUT2D eigenvalue weighted by atomic mass is 9.96. The molecule has 1 heterocycles. The van der Waals surface area contributed by atoms with E-state index >= 15 is 0 Å². The first-order valence-electron chi connectivity index (χ1n) is 6.67. The number of carbonyl (C=O) groups excluding carboxylic acids is 1. The van der Waals surface area contributed by atoms with Gasteiger partial charge in [-0.25, -0.2) is 0 Å². The first kappa shape index (κ1) is 14.5. The lowest BCUT2D eigenvalue weighted by Gasteiger charge is -2.41. The van der Waals surface area contributed by atoms with Gasteiger partial charge in [0.2, 0.25) is 5.91 Å². The molecule has 0 aromatic rings. The molecule has 0 spiro atoms. The van der Waals surface area contributed by atoms with Crippen LogP contribution in [0.1, 0.15) is 33.6 Å². The van der Waals surface area contributed by atoms with Gasteiger partial charge in [-0.3, -0.25) is 9.69 Å². The molecule has 0 radical (unpaired) electrons. The minimum atomic E-state index is -0.0266. The van der Waals surface area contributed by atoms with Gasteiger partial charge in [0.1, 0.15) is 0 Å². The highest BCUT2D eigenvalue weighted by atomic mass is 16.2. The van der Waals surface area contributed by atoms with Gasteiger partial charge in [0.25, 0.3) is 0 Å². The molecule has 4 heteroatoms. The highest BCUT2D eigenvalue weighted by Gasteiger charge is 2.30. The molecule has 1 amide bonds. The fraction of sp³-hybridized carbons (Fsp3) is 0.923. The predicted octanol–water partition coefficient (Wildman–Crippen LogP) is 0.929. The Morgan fingerprint density at radius 1 is 1.35 bits per heavy atom. The van der Waals surface area contributed by atoms with Crippen LogP contribution in [0.5, 0.6) is 0 Å². The molecule has 1 aliphatic rings. The van der Waals surface area contributed by atoms with Crippen LogP contribution in [0, 0.1) is 0 Å². The maximum atomic E-state index is 12.1. The second-order valence-electron chi connectivity index (χ2n) is 5.54. The van der Waals surface area contributed by atoms with Gasteiger partial charge in [0.05, 0.1) is 0 Å². The first-order valence-corrected chi connectivity index (χ1v) is 6.67. The summed E-state index contributed by atoms with van der Waals surface area (Å²) in [5.74, 6) is 0.260. The predicted molar refractivity (Wildman–Crippen MR) is 71.1 cm³/mol. The van der Waals surface area contributed by atoms with Gasteiger partial charge in [-0.2, -0.15) is 0 Å². The van der Waals surface area contributed by atoms with Crippen LogP contribution in [0.3, 0.4) is 0 Å². The van der Waals surface area contributed by atoms with Crippen LogP contribution in [-0.2, 0) is 4.79 Å². The number of nitrogens with zero attached hydrogens (tertiary/aromatic N) is 2. The third kappa shape index (κ3) is 4.28. The van der Waals surface area contributed by atoms with Crippen molar-refractivity contribution in [2.45, 2.75) is 39.2 Å². The van der Waals surface area contributed by atoms with Gasteiger partial charge in [-0.05, 0) is 20.3 Å². The van der Waals surface area contributed by atoms with E-state index in [-0.39, 0.29) is 11.4 Å².